The lowest BCUT2D eigenvalue weighted by molar-refractivity contribution is 0.254. The molecule has 1 saturated carbocycles. The SMILES string of the molecule is C[C@H]1Cc2cc(S(=O)(=O)N[C@H](CN)C3CC3)ccc2O1. The van der Waals surface area contributed by atoms with Crippen molar-refractivity contribution in [1.82, 2.24) is 4.72 Å². The molecule has 20 heavy (non-hydrogen) atoms. The Hall–Kier alpha value is -1.11. The topological polar surface area (TPSA) is 81.4 Å². The molecule has 0 amide bonds. The summed E-state index contributed by atoms with van der Waals surface area (Å²) in [5, 5.41) is 0. The monoisotopic (exact) mass is 296 g/mol. The highest BCUT2D eigenvalue weighted by Gasteiger charge is 2.33. The van der Waals surface area contributed by atoms with Gasteiger partial charge in [-0.1, -0.05) is 0 Å². The Labute approximate surface area is 119 Å². The van der Waals surface area contributed by atoms with Crippen molar-refractivity contribution in [2.45, 2.75) is 43.2 Å². The second-order valence-electron chi connectivity index (χ2n) is 5.70. The first-order chi connectivity index (χ1) is 9.49. The highest BCUT2D eigenvalue weighted by molar-refractivity contribution is 7.89. The van der Waals surface area contributed by atoms with E-state index in [-0.39, 0.29) is 12.1 Å². The fraction of sp³-hybridized carbons (Fsp3) is 0.571. The Morgan fingerprint density at radius 1 is 1.45 bits per heavy atom. The molecule has 0 saturated heterocycles. The highest BCUT2D eigenvalue weighted by Crippen LogP contribution is 2.34. The van der Waals surface area contributed by atoms with Gasteiger partial charge in [0.2, 0.25) is 10.0 Å². The Morgan fingerprint density at radius 2 is 2.20 bits per heavy atom. The second-order valence-corrected chi connectivity index (χ2v) is 7.42. The molecule has 2 aliphatic rings. The van der Waals surface area contributed by atoms with Crippen molar-refractivity contribution in [3.8, 4) is 5.75 Å². The molecule has 1 heterocycles. The van der Waals surface area contributed by atoms with E-state index in [2.05, 4.69) is 4.72 Å². The van der Waals surface area contributed by atoms with Gasteiger partial charge in [-0.2, -0.15) is 0 Å². The number of hydrogen-bond donors (Lipinski definition) is 2. The Kier molecular flexibility index (Phi) is 3.48. The van der Waals surface area contributed by atoms with Crippen molar-refractivity contribution in [3.05, 3.63) is 23.8 Å². The zero-order valence-electron chi connectivity index (χ0n) is 11.5. The molecule has 0 radical (unpaired) electrons. The Bertz CT molecular complexity index is 611. The maximum atomic E-state index is 12.4. The minimum Gasteiger partial charge on any atom is -0.490 e. The molecule has 5 nitrogen and oxygen atoms in total. The molecule has 1 aromatic rings. The van der Waals surface area contributed by atoms with Gasteiger partial charge in [-0.3, -0.25) is 0 Å². The van der Waals surface area contributed by atoms with Crippen LogP contribution in [0.5, 0.6) is 5.75 Å². The van der Waals surface area contributed by atoms with Crippen molar-refractivity contribution in [3.63, 3.8) is 0 Å². The van der Waals surface area contributed by atoms with Gasteiger partial charge < -0.3 is 10.5 Å². The lowest BCUT2D eigenvalue weighted by atomic mass is 10.1. The molecule has 1 fully saturated rings. The number of ether oxygens (including phenoxy) is 1. The molecular weight excluding hydrogens is 276 g/mol. The van der Waals surface area contributed by atoms with Crippen LogP contribution in [0.25, 0.3) is 0 Å². The van der Waals surface area contributed by atoms with Crippen LogP contribution < -0.4 is 15.2 Å². The molecule has 1 aromatic carbocycles. The number of rotatable bonds is 5. The summed E-state index contributed by atoms with van der Waals surface area (Å²) in [5.41, 5.74) is 6.62. The van der Waals surface area contributed by atoms with Crippen LogP contribution in [0.2, 0.25) is 0 Å². The molecule has 1 aliphatic heterocycles. The quantitative estimate of drug-likeness (QED) is 0.850. The molecule has 0 aromatic heterocycles. The van der Waals surface area contributed by atoms with E-state index in [1.165, 1.54) is 0 Å². The van der Waals surface area contributed by atoms with E-state index in [0.717, 1.165) is 30.6 Å². The zero-order chi connectivity index (χ0) is 14.3. The van der Waals surface area contributed by atoms with Crippen LogP contribution in [0, 0.1) is 5.92 Å². The molecule has 3 N–H and O–H groups in total. The number of nitrogens with one attached hydrogen (secondary N) is 1. The first-order valence-electron chi connectivity index (χ1n) is 7.01. The van der Waals surface area contributed by atoms with Crippen molar-refractivity contribution in [2.75, 3.05) is 6.54 Å². The molecule has 0 unspecified atom stereocenters. The van der Waals surface area contributed by atoms with Crippen LogP contribution in [0.15, 0.2) is 23.1 Å². The zero-order valence-corrected chi connectivity index (χ0v) is 12.3. The minimum atomic E-state index is -3.50. The maximum absolute atomic E-state index is 12.4. The van der Waals surface area contributed by atoms with Crippen molar-refractivity contribution >= 4 is 10.0 Å². The predicted octanol–water partition coefficient (Wildman–Crippen LogP) is 1.03. The summed E-state index contributed by atoms with van der Waals surface area (Å²) in [7, 11) is -3.50. The van der Waals surface area contributed by atoms with Crippen LogP contribution in [-0.2, 0) is 16.4 Å². The number of fused-ring (bicyclic) bond motifs is 1. The van der Waals surface area contributed by atoms with Crippen molar-refractivity contribution in [2.24, 2.45) is 11.7 Å². The number of nitrogens with two attached hydrogens (primary N) is 1. The summed E-state index contributed by atoms with van der Waals surface area (Å²) in [6.45, 7) is 2.32. The van der Waals surface area contributed by atoms with Crippen LogP contribution >= 0.6 is 0 Å². The molecule has 0 spiro atoms. The lowest BCUT2D eigenvalue weighted by Gasteiger charge is -2.16. The van der Waals surface area contributed by atoms with Gasteiger partial charge in [-0.05, 0) is 49.4 Å². The van der Waals surface area contributed by atoms with Crippen molar-refractivity contribution in [1.29, 1.82) is 0 Å². The molecular formula is C14H20N2O3S. The third-order valence-electron chi connectivity index (χ3n) is 3.93. The van der Waals surface area contributed by atoms with Crippen molar-refractivity contribution < 1.29 is 13.2 Å². The number of sulfonamides is 1. The maximum Gasteiger partial charge on any atom is 0.240 e. The van der Waals surface area contributed by atoms with Crippen LogP contribution in [0.1, 0.15) is 25.3 Å². The predicted molar refractivity (Wildman–Crippen MR) is 76.1 cm³/mol. The smallest absolute Gasteiger partial charge is 0.240 e. The van der Waals surface area contributed by atoms with E-state index in [0.29, 0.717) is 17.4 Å². The molecule has 6 heteroatoms. The largest absolute Gasteiger partial charge is 0.490 e. The van der Waals surface area contributed by atoms with Crippen LogP contribution in [-0.4, -0.2) is 27.1 Å². The number of hydrogen-bond acceptors (Lipinski definition) is 4. The molecule has 0 bridgehead atoms. The summed E-state index contributed by atoms with van der Waals surface area (Å²) in [6, 6.07) is 4.90. The Balaban J connectivity index is 1.82. The molecule has 110 valence electrons. The van der Waals surface area contributed by atoms with Gasteiger partial charge in [0.05, 0.1) is 4.90 Å². The standard InChI is InChI=1S/C14H20N2O3S/c1-9-6-11-7-12(4-5-14(11)19-9)20(17,18)16-13(8-15)10-2-3-10/h4-5,7,9-10,13,16H,2-3,6,8,15H2,1H3/t9-,13+/m0/s1. The van der Waals surface area contributed by atoms with Gasteiger partial charge in [-0.15, -0.1) is 0 Å². The van der Waals surface area contributed by atoms with Gasteiger partial charge >= 0.3 is 0 Å². The fourth-order valence-corrected chi connectivity index (χ4v) is 4.04. The van der Waals surface area contributed by atoms with E-state index >= 15 is 0 Å². The first-order valence-corrected chi connectivity index (χ1v) is 8.50. The van der Waals surface area contributed by atoms with Gasteiger partial charge in [0.25, 0.3) is 0 Å². The number of benzene rings is 1. The molecule has 2 atom stereocenters. The van der Waals surface area contributed by atoms with E-state index in [9.17, 15) is 8.42 Å². The van der Waals surface area contributed by atoms with Gasteiger partial charge in [0, 0.05) is 19.0 Å². The summed E-state index contributed by atoms with van der Waals surface area (Å²) in [6.07, 6.45) is 2.97. The Morgan fingerprint density at radius 3 is 2.85 bits per heavy atom. The third kappa shape index (κ3) is 2.68. The minimum absolute atomic E-state index is 0.110. The summed E-state index contributed by atoms with van der Waals surface area (Å²) in [5.74, 6) is 1.18. The summed E-state index contributed by atoms with van der Waals surface area (Å²) < 4.78 is 33.1. The van der Waals surface area contributed by atoms with Gasteiger partial charge in [0.15, 0.2) is 0 Å². The third-order valence-corrected chi connectivity index (χ3v) is 5.42. The lowest BCUT2D eigenvalue weighted by Crippen LogP contribution is -2.41. The van der Waals surface area contributed by atoms with E-state index < -0.39 is 10.0 Å². The van der Waals surface area contributed by atoms with E-state index in [1.807, 2.05) is 6.92 Å². The first kappa shape index (κ1) is 13.9. The summed E-state index contributed by atoms with van der Waals surface area (Å²) in [4.78, 5) is 0.299. The van der Waals surface area contributed by atoms with Gasteiger partial charge in [0.1, 0.15) is 11.9 Å². The van der Waals surface area contributed by atoms with E-state index in [4.69, 9.17) is 10.5 Å². The van der Waals surface area contributed by atoms with E-state index in [1.54, 1.807) is 18.2 Å². The normalized spacial score (nSPS) is 23.2. The second kappa shape index (κ2) is 5.02. The summed E-state index contributed by atoms with van der Waals surface area (Å²) >= 11 is 0. The average molecular weight is 296 g/mol. The fourth-order valence-electron chi connectivity index (χ4n) is 2.67. The highest BCUT2D eigenvalue weighted by atomic mass is 32.2. The van der Waals surface area contributed by atoms with Crippen LogP contribution in [0.3, 0.4) is 0 Å². The van der Waals surface area contributed by atoms with Crippen LogP contribution in [0.4, 0.5) is 0 Å². The molecule has 1 aliphatic carbocycles. The van der Waals surface area contributed by atoms with Gasteiger partial charge in [-0.25, -0.2) is 13.1 Å². The average Bonchev–Trinajstić information content (AvgIpc) is 3.16. The molecule has 3 rings (SSSR count).